The summed E-state index contributed by atoms with van der Waals surface area (Å²) in [7, 11) is 0. The minimum atomic E-state index is -0.549. The molecule has 5 heteroatoms. The smallest absolute Gasteiger partial charge is 0.411 e. The van der Waals surface area contributed by atoms with E-state index in [0.717, 1.165) is 25.7 Å². The molecule has 1 aliphatic carbocycles. The zero-order valence-electron chi connectivity index (χ0n) is 12.8. The Morgan fingerprint density at radius 2 is 1.75 bits per heavy atom. The van der Waals surface area contributed by atoms with Crippen LogP contribution in [-0.2, 0) is 14.3 Å². The zero-order chi connectivity index (χ0) is 14.9. The van der Waals surface area contributed by atoms with Gasteiger partial charge in [-0.25, -0.2) is 9.59 Å². The number of amides is 1. The van der Waals surface area contributed by atoms with Crippen molar-refractivity contribution in [1.82, 2.24) is 4.90 Å². The van der Waals surface area contributed by atoms with Crippen molar-refractivity contribution in [3.63, 3.8) is 0 Å². The summed E-state index contributed by atoms with van der Waals surface area (Å²) in [6.45, 7) is 7.65. The maximum absolute atomic E-state index is 12.4. The van der Waals surface area contributed by atoms with Crippen LogP contribution in [0.15, 0.2) is 0 Å². The van der Waals surface area contributed by atoms with Crippen molar-refractivity contribution in [1.29, 1.82) is 0 Å². The van der Waals surface area contributed by atoms with Crippen molar-refractivity contribution in [2.45, 2.75) is 71.1 Å². The number of hydrogen-bond acceptors (Lipinski definition) is 4. The molecule has 2 aliphatic heterocycles. The van der Waals surface area contributed by atoms with Gasteiger partial charge in [-0.05, 0) is 59.3 Å². The lowest BCUT2D eigenvalue weighted by Gasteiger charge is -2.49. The van der Waals surface area contributed by atoms with Crippen LogP contribution < -0.4 is 0 Å². The van der Waals surface area contributed by atoms with Gasteiger partial charge in [0.15, 0.2) is 0 Å². The quantitative estimate of drug-likeness (QED) is 0.731. The van der Waals surface area contributed by atoms with Gasteiger partial charge in [0.25, 0.3) is 0 Å². The molecular weight excluding hydrogens is 258 g/mol. The van der Waals surface area contributed by atoms with Gasteiger partial charge in [-0.3, -0.25) is 4.90 Å². The van der Waals surface area contributed by atoms with Crippen molar-refractivity contribution in [3.05, 3.63) is 0 Å². The van der Waals surface area contributed by atoms with Gasteiger partial charge in [0.1, 0.15) is 11.6 Å². The highest BCUT2D eigenvalue weighted by atomic mass is 16.6. The third kappa shape index (κ3) is 3.07. The number of esters is 1. The average Bonchev–Trinajstić information content (AvgIpc) is 2.37. The number of ether oxygens (including phenoxy) is 2. The van der Waals surface area contributed by atoms with Gasteiger partial charge >= 0.3 is 12.1 Å². The molecule has 3 fully saturated rings. The first-order chi connectivity index (χ1) is 9.33. The number of carbonyl (C=O) groups excluding carboxylic acids is 2. The van der Waals surface area contributed by atoms with E-state index in [1.807, 2.05) is 20.8 Å². The molecule has 0 aromatic rings. The summed E-state index contributed by atoms with van der Waals surface area (Å²) in [5, 5.41) is 0. The van der Waals surface area contributed by atoms with E-state index in [4.69, 9.17) is 9.47 Å². The summed E-state index contributed by atoms with van der Waals surface area (Å²) in [6, 6.07) is -0.346. The van der Waals surface area contributed by atoms with Crippen molar-refractivity contribution in [2.24, 2.45) is 5.92 Å². The maximum atomic E-state index is 12.4. The van der Waals surface area contributed by atoms with E-state index in [2.05, 4.69) is 0 Å². The molecule has 1 atom stereocenters. The monoisotopic (exact) mass is 283 g/mol. The second-order valence-electron chi connectivity index (χ2n) is 6.65. The van der Waals surface area contributed by atoms with Crippen LogP contribution in [0.2, 0.25) is 0 Å². The molecule has 0 aromatic heterocycles. The molecule has 20 heavy (non-hydrogen) atoms. The summed E-state index contributed by atoms with van der Waals surface area (Å²) in [5.41, 5.74) is -0.549. The van der Waals surface area contributed by atoms with Crippen LogP contribution >= 0.6 is 0 Å². The van der Waals surface area contributed by atoms with Crippen LogP contribution in [0.25, 0.3) is 0 Å². The van der Waals surface area contributed by atoms with Gasteiger partial charge < -0.3 is 9.47 Å². The number of piperidine rings is 2. The molecular formula is C15H25NO4. The van der Waals surface area contributed by atoms with Crippen LogP contribution in [0.3, 0.4) is 0 Å². The lowest BCUT2D eigenvalue weighted by atomic mass is 9.75. The van der Waals surface area contributed by atoms with Gasteiger partial charge in [-0.15, -0.1) is 0 Å². The molecule has 0 radical (unpaired) electrons. The Labute approximate surface area is 120 Å². The van der Waals surface area contributed by atoms with Crippen LogP contribution in [0, 0.1) is 5.92 Å². The predicted molar refractivity (Wildman–Crippen MR) is 74.2 cm³/mol. The normalized spacial score (nSPS) is 29.2. The second-order valence-corrected chi connectivity index (χ2v) is 6.65. The van der Waals surface area contributed by atoms with E-state index < -0.39 is 11.6 Å². The standard InChI is InChI=1S/C15H25NO4/c1-5-19-13(17)12-10-6-8-11(9-7-10)16(12)14(18)20-15(2,3)4/h10-12H,5-9H2,1-4H3/t10?,11?,12-/m1/s1. The predicted octanol–water partition coefficient (Wildman–Crippen LogP) is 2.73. The number of nitrogens with zero attached hydrogens (tertiary/aromatic N) is 1. The fourth-order valence-electron chi connectivity index (χ4n) is 3.26. The molecule has 0 N–H and O–H groups in total. The van der Waals surface area contributed by atoms with E-state index >= 15 is 0 Å². The maximum Gasteiger partial charge on any atom is 0.411 e. The number of hydrogen-bond donors (Lipinski definition) is 0. The van der Waals surface area contributed by atoms with E-state index in [0.29, 0.717) is 6.61 Å². The molecule has 5 nitrogen and oxygen atoms in total. The van der Waals surface area contributed by atoms with Crippen molar-refractivity contribution < 1.29 is 19.1 Å². The minimum absolute atomic E-state index is 0.115. The topological polar surface area (TPSA) is 55.8 Å². The lowest BCUT2D eigenvalue weighted by Crippen LogP contribution is -2.61. The second kappa shape index (κ2) is 5.62. The molecule has 2 heterocycles. The Morgan fingerprint density at radius 1 is 1.15 bits per heavy atom. The SMILES string of the molecule is CCOC(=O)[C@H]1C2CCC(CC2)N1C(=O)OC(C)(C)C. The van der Waals surface area contributed by atoms with Crippen molar-refractivity contribution in [3.8, 4) is 0 Å². The van der Waals surface area contributed by atoms with Gasteiger partial charge in [0.2, 0.25) is 0 Å². The van der Waals surface area contributed by atoms with E-state index in [1.165, 1.54) is 0 Å². The number of fused-ring (bicyclic) bond motifs is 3. The molecule has 0 spiro atoms. The summed E-state index contributed by atoms with van der Waals surface area (Å²) in [4.78, 5) is 26.3. The summed E-state index contributed by atoms with van der Waals surface area (Å²) >= 11 is 0. The molecule has 1 saturated carbocycles. The molecule has 2 saturated heterocycles. The van der Waals surface area contributed by atoms with E-state index in [9.17, 15) is 9.59 Å². The highest BCUT2D eigenvalue weighted by molar-refractivity contribution is 5.82. The first-order valence-electron chi connectivity index (χ1n) is 7.51. The van der Waals surface area contributed by atoms with E-state index in [-0.39, 0.29) is 24.0 Å². The Bertz CT molecular complexity index is 380. The Morgan fingerprint density at radius 3 is 2.25 bits per heavy atom. The average molecular weight is 283 g/mol. The van der Waals surface area contributed by atoms with Crippen molar-refractivity contribution in [2.75, 3.05) is 6.61 Å². The largest absolute Gasteiger partial charge is 0.464 e. The fourth-order valence-corrected chi connectivity index (χ4v) is 3.26. The highest BCUT2D eigenvalue weighted by Gasteiger charge is 2.49. The minimum Gasteiger partial charge on any atom is -0.464 e. The third-order valence-corrected chi connectivity index (χ3v) is 4.01. The van der Waals surface area contributed by atoms with Gasteiger partial charge in [0.05, 0.1) is 6.61 Å². The summed E-state index contributed by atoms with van der Waals surface area (Å²) in [5.74, 6) is -0.0701. The molecule has 114 valence electrons. The summed E-state index contributed by atoms with van der Waals surface area (Å²) < 4.78 is 10.6. The van der Waals surface area contributed by atoms with Crippen LogP contribution in [0.1, 0.15) is 53.4 Å². The Kier molecular flexibility index (Phi) is 4.25. The number of rotatable bonds is 2. The van der Waals surface area contributed by atoms with Crippen molar-refractivity contribution >= 4 is 12.1 Å². The Hall–Kier alpha value is -1.26. The Balaban J connectivity index is 2.18. The lowest BCUT2D eigenvalue weighted by molar-refractivity contribution is -0.158. The van der Waals surface area contributed by atoms with E-state index in [1.54, 1.807) is 11.8 Å². The van der Waals surface area contributed by atoms with Gasteiger partial charge in [-0.1, -0.05) is 0 Å². The number of carbonyl (C=O) groups is 2. The molecule has 0 unspecified atom stereocenters. The highest BCUT2D eigenvalue weighted by Crippen LogP contribution is 2.40. The van der Waals surface area contributed by atoms with Crippen LogP contribution in [0.4, 0.5) is 4.79 Å². The fraction of sp³-hybridized carbons (Fsp3) is 0.867. The molecule has 3 aliphatic rings. The molecule has 2 bridgehead atoms. The van der Waals surface area contributed by atoms with Crippen LogP contribution in [-0.4, -0.2) is 41.3 Å². The van der Waals surface area contributed by atoms with Gasteiger partial charge in [0, 0.05) is 6.04 Å². The third-order valence-electron chi connectivity index (χ3n) is 4.01. The molecule has 0 aromatic carbocycles. The van der Waals surface area contributed by atoms with Gasteiger partial charge in [-0.2, -0.15) is 0 Å². The zero-order valence-corrected chi connectivity index (χ0v) is 12.8. The first-order valence-corrected chi connectivity index (χ1v) is 7.51. The molecule has 1 amide bonds. The molecule has 3 rings (SSSR count). The van der Waals surface area contributed by atoms with Crippen LogP contribution in [0.5, 0.6) is 0 Å². The summed E-state index contributed by atoms with van der Waals surface area (Å²) in [6.07, 6.45) is 3.52. The first kappa shape index (κ1) is 15.1.